The molecule has 1 aliphatic heterocycles. The normalized spacial score (nSPS) is 18.2. The van der Waals surface area contributed by atoms with Gasteiger partial charge in [-0.15, -0.1) is 11.6 Å². The van der Waals surface area contributed by atoms with Gasteiger partial charge in [-0.25, -0.2) is 12.8 Å². The zero-order valence-electron chi connectivity index (χ0n) is 10.3. The summed E-state index contributed by atoms with van der Waals surface area (Å²) in [5, 5.41) is 0. The minimum Gasteiger partial charge on any atom is -0.380 e. The number of rotatable bonds is 3. The molecular formula is C12H15ClFNO3S. The van der Waals surface area contributed by atoms with E-state index in [1.807, 2.05) is 0 Å². The van der Waals surface area contributed by atoms with Crippen LogP contribution in [-0.2, 0) is 20.6 Å². The second-order valence-electron chi connectivity index (χ2n) is 4.27. The Hall–Kier alpha value is -0.690. The smallest absolute Gasteiger partial charge is 0.246 e. The monoisotopic (exact) mass is 307 g/mol. The molecule has 2 rings (SSSR count). The molecule has 0 bridgehead atoms. The predicted molar refractivity (Wildman–Crippen MR) is 70.2 cm³/mol. The molecule has 1 fully saturated rings. The fourth-order valence-corrected chi connectivity index (χ4v) is 3.61. The van der Waals surface area contributed by atoms with E-state index in [2.05, 4.69) is 0 Å². The summed E-state index contributed by atoms with van der Waals surface area (Å²) in [7, 11) is -3.81. The first-order valence-electron chi connectivity index (χ1n) is 5.98. The molecule has 1 heterocycles. The number of halogens is 2. The predicted octanol–water partition coefficient (Wildman–Crippen LogP) is 1.98. The van der Waals surface area contributed by atoms with Gasteiger partial charge in [-0.3, -0.25) is 0 Å². The number of benzene rings is 1. The maximum Gasteiger partial charge on any atom is 0.246 e. The van der Waals surface area contributed by atoms with E-state index in [0.717, 1.165) is 6.07 Å². The van der Waals surface area contributed by atoms with E-state index in [9.17, 15) is 12.8 Å². The molecule has 0 radical (unpaired) electrons. The fourth-order valence-electron chi connectivity index (χ4n) is 1.94. The van der Waals surface area contributed by atoms with E-state index in [-0.39, 0.29) is 17.3 Å². The number of hydrogen-bond donors (Lipinski definition) is 0. The molecule has 19 heavy (non-hydrogen) atoms. The summed E-state index contributed by atoms with van der Waals surface area (Å²) in [6.07, 6.45) is 0.612. The van der Waals surface area contributed by atoms with Gasteiger partial charge in [-0.2, -0.15) is 4.31 Å². The molecule has 106 valence electrons. The first-order valence-corrected chi connectivity index (χ1v) is 7.95. The van der Waals surface area contributed by atoms with Gasteiger partial charge in [0.05, 0.1) is 6.61 Å². The van der Waals surface area contributed by atoms with E-state index < -0.39 is 15.8 Å². The molecule has 1 saturated heterocycles. The summed E-state index contributed by atoms with van der Waals surface area (Å²) in [5.74, 6) is -0.613. The number of hydrogen-bond acceptors (Lipinski definition) is 3. The van der Waals surface area contributed by atoms with Crippen LogP contribution in [0.1, 0.15) is 12.0 Å². The Balaban J connectivity index is 2.32. The molecule has 0 aromatic heterocycles. The number of ether oxygens (including phenoxy) is 1. The van der Waals surface area contributed by atoms with E-state index in [1.165, 1.54) is 16.4 Å². The molecule has 0 aliphatic carbocycles. The average molecular weight is 308 g/mol. The highest BCUT2D eigenvalue weighted by Crippen LogP contribution is 2.22. The van der Waals surface area contributed by atoms with Gasteiger partial charge in [0.1, 0.15) is 10.7 Å². The summed E-state index contributed by atoms with van der Waals surface area (Å²) >= 11 is 5.59. The van der Waals surface area contributed by atoms with Gasteiger partial charge in [-0.05, 0) is 24.1 Å². The average Bonchev–Trinajstić information content (AvgIpc) is 2.67. The van der Waals surface area contributed by atoms with Crippen molar-refractivity contribution in [2.24, 2.45) is 0 Å². The fraction of sp³-hybridized carbons (Fsp3) is 0.500. The van der Waals surface area contributed by atoms with Crippen LogP contribution in [0.3, 0.4) is 0 Å². The van der Waals surface area contributed by atoms with Crippen LogP contribution in [-0.4, -0.2) is 39.0 Å². The minimum absolute atomic E-state index is 0.148. The highest BCUT2D eigenvalue weighted by Gasteiger charge is 2.28. The van der Waals surface area contributed by atoms with Gasteiger partial charge in [-0.1, -0.05) is 6.07 Å². The van der Waals surface area contributed by atoms with Gasteiger partial charge in [0, 0.05) is 25.6 Å². The molecule has 0 atom stereocenters. The first-order chi connectivity index (χ1) is 9.05. The molecule has 0 N–H and O–H groups in total. The van der Waals surface area contributed by atoms with Crippen LogP contribution < -0.4 is 0 Å². The van der Waals surface area contributed by atoms with E-state index >= 15 is 0 Å². The van der Waals surface area contributed by atoms with Crippen molar-refractivity contribution in [2.75, 3.05) is 26.3 Å². The molecule has 4 nitrogen and oxygen atoms in total. The molecule has 1 aromatic carbocycles. The summed E-state index contributed by atoms with van der Waals surface area (Å²) < 4.78 is 45.1. The van der Waals surface area contributed by atoms with Gasteiger partial charge in [0.2, 0.25) is 10.0 Å². The van der Waals surface area contributed by atoms with Gasteiger partial charge in [0.25, 0.3) is 0 Å². The summed E-state index contributed by atoms with van der Waals surface area (Å²) in [5.41, 5.74) is 0.553. The number of sulfonamides is 1. The molecular weight excluding hydrogens is 293 g/mol. The van der Waals surface area contributed by atoms with Crippen molar-refractivity contribution in [3.8, 4) is 0 Å². The van der Waals surface area contributed by atoms with Crippen LogP contribution in [0, 0.1) is 5.82 Å². The standard InChI is InChI=1S/C12H15ClFNO3S/c13-9-10-2-3-12(11(14)8-10)19(16,17)15-4-1-6-18-7-5-15/h2-3,8H,1,4-7,9H2. The van der Waals surface area contributed by atoms with Crippen molar-refractivity contribution in [3.63, 3.8) is 0 Å². The number of nitrogens with zero attached hydrogens (tertiary/aromatic N) is 1. The summed E-state index contributed by atoms with van der Waals surface area (Å²) in [4.78, 5) is -0.303. The molecule has 7 heteroatoms. The molecule has 0 saturated carbocycles. The van der Waals surface area contributed by atoms with Crippen LogP contribution >= 0.6 is 11.6 Å². The van der Waals surface area contributed by atoms with Crippen molar-refractivity contribution in [1.82, 2.24) is 4.31 Å². The lowest BCUT2D eigenvalue weighted by Crippen LogP contribution is -2.33. The topological polar surface area (TPSA) is 46.6 Å². The third kappa shape index (κ3) is 3.25. The highest BCUT2D eigenvalue weighted by atomic mass is 35.5. The van der Waals surface area contributed by atoms with Crippen molar-refractivity contribution >= 4 is 21.6 Å². The van der Waals surface area contributed by atoms with E-state index in [4.69, 9.17) is 16.3 Å². The maximum absolute atomic E-state index is 13.9. The Morgan fingerprint density at radius 1 is 1.32 bits per heavy atom. The van der Waals surface area contributed by atoms with Gasteiger partial charge in [0.15, 0.2) is 0 Å². The molecule has 1 aliphatic rings. The SMILES string of the molecule is O=S(=O)(c1ccc(CCl)cc1F)N1CCCOCC1. The van der Waals surface area contributed by atoms with Crippen molar-refractivity contribution in [1.29, 1.82) is 0 Å². The highest BCUT2D eigenvalue weighted by molar-refractivity contribution is 7.89. The largest absolute Gasteiger partial charge is 0.380 e. The lowest BCUT2D eigenvalue weighted by Gasteiger charge is -2.19. The molecule has 1 aromatic rings. The van der Waals surface area contributed by atoms with Crippen molar-refractivity contribution < 1.29 is 17.5 Å². The van der Waals surface area contributed by atoms with Crippen LogP contribution in [0.4, 0.5) is 4.39 Å². The second kappa shape index (κ2) is 6.17. The van der Waals surface area contributed by atoms with Crippen LogP contribution in [0.25, 0.3) is 0 Å². The maximum atomic E-state index is 13.9. The Morgan fingerprint density at radius 3 is 2.79 bits per heavy atom. The van der Waals surface area contributed by atoms with Crippen LogP contribution in [0.2, 0.25) is 0 Å². The van der Waals surface area contributed by atoms with Gasteiger partial charge < -0.3 is 4.74 Å². The Kier molecular flexibility index (Phi) is 4.78. The van der Waals surface area contributed by atoms with Gasteiger partial charge >= 0.3 is 0 Å². The lowest BCUT2D eigenvalue weighted by molar-refractivity contribution is 0.148. The first kappa shape index (κ1) is 14.7. The molecule has 0 unspecified atom stereocenters. The van der Waals surface area contributed by atoms with Crippen molar-refractivity contribution in [3.05, 3.63) is 29.6 Å². The zero-order valence-corrected chi connectivity index (χ0v) is 11.9. The van der Waals surface area contributed by atoms with E-state index in [1.54, 1.807) is 0 Å². The Bertz CT molecular complexity index is 542. The molecule has 0 amide bonds. The van der Waals surface area contributed by atoms with Crippen LogP contribution in [0.15, 0.2) is 23.1 Å². The third-order valence-electron chi connectivity index (χ3n) is 2.95. The number of alkyl halides is 1. The van der Waals surface area contributed by atoms with Crippen molar-refractivity contribution in [2.45, 2.75) is 17.2 Å². The Labute approximate surface area is 117 Å². The Morgan fingerprint density at radius 2 is 2.11 bits per heavy atom. The summed E-state index contributed by atoms with van der Waals surface area (Å²) in [6, 6.07) is 3.96. The third-order valence-corrected chi connectivity index (χ3v) is 5.19. The quantitative estimate of drug-likeness (QED) is 0.802. The minimum atomic E-state index is -3.81. The second-order valence-corrected chi connectivity index (χ2v) is 6.44. The summed E-state index contributed by atoms with van der Waals surface area (Å²) in [6.45, 7) is 1.46. The van der Waals surface area contributed by atoms with E-state index in [0.29, 0.717) is 31.7 Å². The van der Waals surface area contributed by atoms with Crippen LogP contribution in [0.5, 0.6) is 0 Å². The molecule has 0 spiro atoms. The zero-order chi connectivity index (χ0) is 13.9. The lowest BCUT2D eigenvalue weighted by atomic mass is 10.2.